The molecule has 0 spiro atoms. The van der Waals surface area contributed by atoms with E-state index in [0.29, 0.717) is 0 Å². The molecule has 0 unspecified atom stereocenters. The molecule has 138 valence electrons. The molecule has 1 heterocycles. The molecular weight excluding hydrogens is 344 g/mol. The standard InChI is InChI=1S/C20H26N4OS/c1-23(2)21-11-10-16-8-9-18(19(16)24-12-14-25-15-13-24)20(26)22-17-6-4-3-5-7-17/h3-7,10-11H,8-9,12-15H2,1-2H3,(H,22,26). The van der Waals surface area contributed by atoms with Gasteiger partial charge in [0.25, 0.3) is 0 Å². The molecule has 0 bridgehead atoms. The highest BCUT2D eigenvalue weighted by atomic mass is 32.1. The Morgan fingerprint density at radius 1 is 1.19 bits per heavy atom. The fourth-order valence-corrected chi connectivity index (χ4v) is 3.56. The molecule has 5 nitrogen and oxygen atoms in total. The molecule has 1 aromatic carbocycles. The Kier molecular flexibility index (Phi) is 6.41. The number of morpholine rings is 1. The first-order valence-corrected chi connectivity index (χ1v) is 9.39. The van der Waals surface area contributed by atoms with E-state index in [-0.39, 0.29) is 0 Å². The number of para-hydroxylation sites is 1. The minimum atomic E-state index is 0.759. The lowest BCUT2D eigenvalue weighted by Crippen LogP contribution is -2.36. The van der Waals surface area contributed by atoms with E-state index in [1.807, 2.05) is 50.6 Å². The highest BCUT2D eigenvalue weighted by Gasteiger charge is 2.28. The molecule has 0 amide bonds. The van der Waals surface area contributed by atoms with Crippen molar-refractivity contribution in [1.29, 1.82) is 0 Å². The van der Waals surface area contributed by atoms with Gasteiger partial charge in [-0.15, -0.1) is 0 Å². The van der Waals surface area contributed by atoms with Crippen LogP contribution in [0.3, 0.4) is 0 Å². The SMILES string of the molecule is CN(C)N=CC=C1CCC(C(=S)Nc2ccccc2)=C1N1CCOCC1. The Balaban J connectivity index is 1.87. The van der Waals surface area contributed by atoms with E-state index in [2.05, 4.69) is 21.4 Å². The van der Waals surface area contributed by atoms with Gasteiger partial charge in [-0.3, -0.25) is 0 Å². The monoisotopic (exact) mass is 370 g/mol. The van der Waals surface area contributed by atoms with Crippen molar-refractivity contribution in [3.8, 4) is 0 Å². The molecule has 0 saturated carbocycles. The van der Waals surface area contributed by atoms with Crippen LogP contribution in [0.4, 0.5) is 5.69 Å². The van der Waals surface area contributed by atoms with Gasteiger partial charge in [0.05, 0.1) is 13.2 Å². The lowest BCUT2D eigenvalue weighted by atomic mass is 10.1. The molecule has 0 atom stereocenters. The molecule has 26 heavy (non-hydrogen) atoms. The summed E-state index contributed by atoms with van der Waals surface area (Å²) in [7, 11) is 3.85. The van der Waals surface area contributed by atoms with Gasteiger partial charge >= 0.3 is 0 Å². The predicted octanol–water partition coefficient (Wildman–Crippen LogP) is 3.28. The molecule has 3 rings (SSSR count). The topological polar surface area (TPSA) is 40.1 Å². The summed E-state index contributed by atoms with van der Waals surface area (Å²) in [5.74, 6) is 0. The first-order valence-electron chi connectivity index (χ1n) is 8.98. The highest BCUT2D eigenvalue weighted by molar-refractivity contribution is 7.81. The summed E-state index contributed by atoms with van der Waals surface area (Å²) in [6, 6.07) is 10.1. The second-order valence-electron chi connectivity index (χ2n) is 6.55. The molecule has 1 aromatic rings. The highest BCUT2D eigenvalue weighted by Crippen LogP contribution is 2.35. The van der Waals surface area contributed by atoms with E-state index in [0.717, 1.165) is 49.8 Å². The van der Waals surface area contributed by atoms with Crippen molar-refractivity contribution in [2.45, 2.75) is 12.8 Å². The van der Waals surface area contributed by atoms with Crippen molar-refractivity contribution < 1.29 is 4.74 Å². The van der Waals surface area contributed by atoms with Gasteiger partial charge in [0.15, 0.2) is 0 Å². The first-order chi connectivity index (χ1) is 12.6. The lowest BCUT2D eigenvalue weighted by Gasteiger charge is -2.31. The van der Waals surface area contributed by atoms with Gasteiger partial charge in [-0.05, 0) is 36.6 Å². The number of benzene rings is 1. The van der Waals surface area contributed by atoms with Crippen molar-refractivity contribution in [2.75, 3.05) is 45.7 Å². The first kappa shape index (κ1) is 18.6. The molecule has 1 aliphatic carbocycles. The van der Waals surface area contributed by atoms with E-state index in [4.69, 9.17) is 17.0 Å². The minimum Gasteiger partial charge on any atom is -0.378 e. The number of nitrogens with zero attached hydrogens (tertiary/aromatic N) is 3. The Hall–Kier alpha value is -2.18. The molecular formula is C20H26N4OS. The smallest absolute Gasteiger partial charge is 0.108 e. The zero-order valence-corrected chi connectivity index (χ0v) is 16.3. The van der Waals surface area contributed by atoms with E-state index in [9.17, 15) is 0 Å². The third-order valence-electron chi connectivity index (χ3n) is 4.44. The van der Waals surface area contributed by atoms with Gasteiger partial charge in [0.2, 0.25) is 0 Å². The fourth-order valence-electron chi connectivity index (χ4n) is 3.24. The van der Waals surface area contributed by atoms with Crippen LogP contribution in [0.25, 0.3) is 0 Å². The summed E-state index contributed by atoms with van der Waals surface area (Å²) >= 11 is 5.75. The third kappa shape index (κ3) is 4.71. The molecule has 0 radical (unpaired) electrons. The van der Waals surface area contributed by atoms with Crippen molar-refractivity contribution in [1.82, 2.24) is 9.91 Å². The summed E-state index contributed by atoms with van der Waals surface area (Å²) in [5, 5.41) is 9.52. The number of anilines is 1. The van der Waals surface area contributed by atoms with Crippen LogP contribution < -0.4 is 5.32 Å². The molecule has 2 aliphatic rings. The Bertz CT molecular complexity index is 719. The van der Waals surface area contributed by atoms with Crippen LogP contribution in [0.2, 0.25) is 0 Å². The van der Waals surface area contributed by atoms with Crippen molar-refractivity contribution >= 4 is 29.1 Å². The maximum Gasteiger partial charge on any atom is 0.108 e. The molecule has 6 heteroatoms. The van der Waals surface area contributed by atoms with Crippen LogP contribution in [-0.2, 0) is 4.74 Å². The zero-order valence-electron chi connectivity index (χ0n) is 15.4. The number of hydrazone groups is 1. The number of hydrogen-bond donors (Lipinski definition) is 1. The average molecular weight is 371 g/mol. The van der Waals surface area contributed by atoms with E-state index in [1.165, 1.54) is 16.8 Å². The Labute approximate surface area is 161 Å². The number of rotatable bonds is 5. The predicted molar refractivity (Wildman–Crippen MR) is 112 cm³/mol. The molecule has 1 fully saturated rings. The Morgan fingerprint density at radius 2 is 1.92 bits per heavy atom. The third-order valence-corrected chi connectivity index (χ3v) is 4.79. The maximum atomic E-state index is 5.75. The summed E-state index contributed by atoms with van der Waals surface area (Å²) in [5.41, 5.74) is 4.80. The molecule has 0 aromatic heterocycles. The Morgan fingerprint density at radius 3 is 2.62 bits per heavy atom. The van der Waals surface area contributed by atoms with Crippen LogP contribution in [0.15, 0.2) is 58.4 Å². The average Bonchev–Trinajstić information content (AvgIpc) is 3.07. The normalized spacial score (nSPS) is 19.5. The van der Waals surface area contributed by atoms with E-state index < -0.39 is 0 Å². The van der Waals surface area contributed by atoms with Crippen molar-refractivity contribution in [2.24, 2.45) is 5.10 Å². The second-order valence-corrected chi connectivity index (χ2v) is 6.96. The van der Waals surface area contributed by atoms with Crippen LogP contribution in [-0.4, -0.2) is 61.5 Å². The minimum absolute atomic E-state index is 0.759. The zero-order chi connectivity index (χ0) is 18.4. The number of thiocarbonyl (C=S) groups is 1. The van der Waals surface area contributed by atoms with Crippen LogP contribution in [0.1, 0.15) is 12.8 Å². The van der Waals surface area contributed by atoms with Gasteiger partial charge in [0, 0.05) is 50.4 Å². The van der Waals surface area contributed by atoms with Crippen LogP contribution in [0, 0.1) is 0 Å². The quantitative estimate of drug-likeness (QED) is 0.489. The van der Waals surface area contributed by atoms with Gasteiger partial charge in [-0.25, -0.2) is 0 Å². The van der Waals surface area contributed by atoms with Crippen molar-refractivity contribution in [3.63, 3.8) is 0 Å². The summed E-state index contributed by atoms with van der Waals surface area (Å²) in [6.45, 7) is 3.31. The van der Waals surface area contributed by atoms with Gasteiger partial charge in [-0.2, -0.15) is 5.10 Å². The van der Waals surface area contributed by atoms with Gasteiger partial charge in [0.1, 0.15) is 4.99 Å². The number of hydrogen-bond acceptors (Lipinski definition) is 5. The van der Waals surface area contributed by atoms with E-state index in [1.54, 1.807) is 5.01 Å². The maximum absolute atomic E-state index is 5.75. The van der Waals surface area contributed by atoms with Gasteiger partial charge < -0.3 is 20.0 Å². The van der Waals surface area contributed by atoms with Gasteiger partial charge in [-0.1, -0.05) is 30.4 Å². The molecule has 1 saturated heterocycles. The number of allylic oxidation sites excluding steroid dienone is 2. The van der Waals surface area contributed by atoms with E-state index >= 15 is 0 Å². The number of ether oxygens (including phenoxy) is 1. The molecule has 1 N–H and O–H groups in total. The summed E-state index contributed by atoms with van der Waals surface area (Å²) in [6.07, 6.45) is 5.92. The van der Waals surface area contributed by atoms with Crippen LogP contribution >= 0.6 is 12.2 Å². The number of nitrogens with one attached hydrogen (secondary N) is 1. The summed E-state index contributed by atoms with van der Waals surface area (Å²) < 4.78 is 5.53. The lowest BCUT2D eigenvalue weighted by molar-refractivity contribution is 0.0548. The van der Waals surface area contributed by atoms with Crippen molar-refractivity contribution in [3.05, 3.63) is 53.3 Å². The summed E-state index contributed by atoms with van der Waals surface area (Å²) in [4.78, 5) is 3.21. The largest absolute Gasteiger partial charge is 0.378 e. The van der Waals surface area contributed by atoms with Crippen LogP contribution in [0.5, 0.6) is 0 Å². The second kappa shape index (κ2) is 8.96. The fraction of sp³-hybridized carbons (Fsp3) is 0.400. The molecule has 1 aliphatic heterocycles.